The van der Waals surface area contributed by atoms with Crippen LogP contribution in [-0.2, 0) is 0 Å². The molecule has 0 aliphatic rings. The maximum absolute atomic E-state index is 5.94. The van der Waals surface area contributed by atoms with E-state index in [9.17, 15) is 0 Å². The predicted octanol–water partition coefficient (Wildman–Crippen LogP) is 4.95. The van der Waals surface area contributed by atoms with Gasteiger partial charge in [0.15, 0.2) is 0 Å². The van der Waals surface area contributed by atoms with Crippen molar-refractivity contribution in [2.75, 3.05) is 0 Å². The van der Waals surface area contributed by atoms with Crippen molar-refractivity contribution >= 4 is 37.5 Å². The van der Waals surface area contributed by atoms with Gasteiger partial charge in [-0.05, 0) is 39.7 Å². The Morgan fingerprint density at radius 1 is 1.00 bits per heavy atom. The van der Waals surface area contributed by atoms with Crippen LogP contribution in [0.25, 0.3) is 0 Å². The summed E-state index contributed by atoms with van der Waals surface area (Å²) in [5.41, 5.74) is 7.63. The van der Waals surface area contributed by atoms with Crippen LogP contribution in [0.4, 0.5) is 5.69 Å². The monoisotopic (exact) mass is 367 g/mol. The molecule has 0 radical (unpaired) electrons. The molecule has 0 bridgehead atoms. The molecule has 2 aromatic carbocycles. The first kappa shape index (κ1) is 13.4. The molecule has 2 N–H and O–H groups in total. The van der Waals surface area contributed by atoms with Crippen LogP contribution in [0.3, 0.4) is 0 Å². The van der Waals surface area contributed by atoms with Crippen LogP contribution in [-0.4, -0.2) is 0 Å². The molecule has 2 rings (SSSR count). The van der Waals surface area contributed by atoms with E-state index < -0.39 is 6.17 Å². The molecule has 0 fully saturated rings. The zero-order chi connectivity index (χ0) is 13.0. The molecule has 0 aromatic heterocycles. The minimum Gasteiger partial charge on any atom is -0.304 e. The highest BCUT2D eigenvalue weighted by Gasteiger charge is 2.03. The SMILES string of the molecule is N[C@@H](N=Nc1ccc(Br)cc1Br)c1ccccc1. The van der Waals surface area contributed by atoms with E-state index in [0.29, 0.717) is 0 Å². The van der Waals surface area contributed by atoms with Gasteiger partial charge < -0.3 is 5.73 Å². The quantitative estimate of drug-likeness (QED) is 0.765. The van der Waals surface area contributed by atoms with Crippen molar-refractivity contribution in [3.05, 3.63) is 63.0 Å². The molecule has 18 heavy (non-hydrogen) atoms. The molecule has 92 valence electrons. The van der Waals surface area contributed by atoms with Gasteiger partial charge in [0.25, 0.3) is 0 Å². The van der Waals surface area contributed by atoms with Crippen LogP contribution in [0, 0.1) is 0 Å². The summed E-state index contributed by atoms with van der Waals surface area (Å²) in [6.45, 7) is 0. The standard InChI is InChI=1S/C13H11Br2N3/c14-10-6-7-12(11(15)8-10)17-18-13(16)9-4-2-1-3-5-9/h1-8,13H,16H2/t13-/m0/s1. The Bertz CT molecular complexity index is 555. The van der Waals surface area contributed by atoms with Gasteiger partial charge in [-0.15, -0.1) is 0 Å². The van der Waals surface area contributed by atoms with Crippen LogP contribution in [0.5, 0.6) is 0 Å². The van der Waals surface area contributed by atoms with E-state index in [2.05, 4.69) is 42.1 Å². The fraction of sp³-hybridized carbons (Fsp3) is 0.0769. The zero-order valence-corrected chi connectivity index (χ0v) is 12.6. The van der Waals surface area contributed by atoms with Crippen molar-refractivity contribution < 1.29 is 0 Å². The minimum absolute atomic E-state index is 0.443. The summed E-state index contributed by atoms with van der Waals surface area (Å²) in [4.78, 5) is 0. The number of benzene rings is 2. The van der Waals surface area contributed by atoms with E-state index in [1.807, 2.05) is 48.5 Å². The van der Waals surface area contributed by atoms with Crippen LogP contribution >= 0.6 is 31.9 Å². The molecule has 0 aliphatic heterocycles. The largest absolute Gasteiger partial charge is 0.304 e. The van der Waals surface area contributed by atoms with Gasteiger partial charge in [-0.2, -0.15) is 10.2 Å². The summed E-state index contributed by atoms with van der Waals surface area (Å²) in [5.74, 6) is 0. The maximum atomic E-state index is 5.94. The molecule has 0 saturated carbocycles. The van der Waals surface area contributed by atoms with Gasteiger partial charge in [0.1, 0.15) is 6.17 Å². The average molecular weight is 369 g/mol. The fourth-order valence-corrected chi connectivity index (χ4v) is 2.53. The lowest BCUT2D eigenvalue weighted by Gasteiger charge is -2.05. The third kappa shape index (κ3) is 3.48. The summed E-state index contributed by atoms with van der Waals surface area (Å²) in [5, 5.41) is 8.27. The van der Waals surface area contributed by atoms with Crippen molar-refractivity contribution in [3.63, 3.8) is 0 Å². The van der Waals surface area contributed by atoms with E-state index in [1.165, 1.54) is 0 Å². The second kappa shape index (κ2) is 6.22. The van der Waals surface area contributed by atoms with E-state index in [0.717, 1.165) is 20.2 Å². The van der Waals surface area contributed by atoms with E-state index in [1.54, 1.807) is 0 Å². The lowest BCUT2D eigenvalue weighted by Crippen LogP contribution is -2.05. The Morgan fingerprint density at radius 3 is 2.39 bits per heavy atom. The van der Waals surface area contributed by atoms with Crippen LogP contribution < -0.4 is 5.73 Å². The lowest BCUT2D eigenvalue weighted by molar-refractivity contribution is 0.726. The van der Waals surface area contributed by atoms with Gasteiger partial charge >= 0.3 is 0 Å². The molecule has 0 unspecified atom stereocenters. The van der Waals surface area contributed by atoms with Crippen molar-refractivity contribution in [3.8, 4) is 0 Å². The van der Waals surface area contributed by atoms with Gasteiger partial charge in [0.2, 0.25) is 0 Å². The Kier molecular flexibility index (Phi) is 4.63. The first-order valence-electron chi connectivity index (χ1n) is 5.33. The molecule has 5 heteroatoms. The molecule has 0 amide bonds. The lowest BCUT2D eigenvalue weighted by atomic mass is 10.2. The average Bonchev–Trinajstić information content (AvgIpc) is 2.38. The molecule has 0 aliphatic carbocycles. The molecule has 1 atom stereocenters. The van der Waals surface area contributed by atoms with Gasteiger partial charge in [0, 0.05) is 8.95 Å². The Labute approximate surface area is 122 Å². The van der Waals surface area contributed by atoms with Crippen molar-refractivity contribution in [1.82, 2.24) is 0 Å². The maximum Gasteiger partial charge on any atom is 0.144 e. The second-order valence-electron chi connectivity index (χ2n) is 3.67. The number of nitrogens with zero attached hydrogens (tertiary/aromatic N) is 2. The Balaban J connectivity index is 2.16. The summed E-state index contributed by atoms with van der Waals surface area (Å²) in [6.07, 6.45) is -0.443. The predicted molar refractivity (Wildman–Crippen MR) is 79.7 cm³/mol. The number of rotatable bonds is 3. The van der Waals surface area contributed by atoms with Crippen LogP contribution in [0.1, 0.15) is 11.7 Å². The summed E-state index contributed by atoms with van der Waals surface area (Å²) in [7, 11) is 0. The molecule has 0 heterocycles. The third-order valence-corrected chi connectivity index (χ3v) is 3.47. The number of nitrogens with two attached hydrogens (primary N) is 1. The van der Waals surface area contributed by atoms with Gasteiger partial charge in [-0.25, -0.2) is 0 Å². The molecule has 3 nitrogen and oxygen atoms in total. The number of azo groups is 1. The summed E-state index contributed by atoms with van der Waals surface area (Å²) < 4.78 is 1.86. The topological polar surface area (TPSA) is 50.7 Å². The second-order valence-corrected chi connectivity index (χ2v) is 5.44. The van der Waals surface area contributed by atoms with Crippen molar-refractivity contribution in [1.29, 1.82) is 0 Å². The van der Waals surface area contributed by atoms with Crippen molar-refractivity contribution in [2.24, 2.45) is 16.0 Å². The molecule has 0 spiro atoms. The normalized spacial score (nSPS) is 12.8. The van der Waals surface area contributed by atoms with E-state index in [-0.39, 0.29) is 0 Å². The molecule has 0 saturated heterocycles. The van der Waals surface area contributed by atoms with Gasteiger partial charge in [-0.3, -0.25) is 0 Å². The van der Waals surface area contributed by atoms with Crippen molar-refractivity contribution in [2.45, 2.75) is 6.17 Å². The van der Waals surface area contributed by atoms with Gasteiger partial charge in [-0.1, -0.05) is 46.3 Å². The first-order chi connectivity index (χ1) is 8.66. The minimum atomic E-state index is -0.443. The Morgan fingerprint density at radius 2 is 1.72 bits per heavy atom. The first-order valence-corrected chi connectivity index (χ1v) is 6.92. The highest BCUT2D eigenvalue weighted by Crippen LogP contribution is 2.29. The van der Waals surface area contributed by atoms with E-state index >= 15 is 0 Å². The third-order valence-electron chi connectivity index (χ3n) is 2.34. The summed E-state index contributed by atoms with van der Waals surface area (Å²) in [6, 6.07) is 15.4. The van der Waals surface area contributed by atoms with Gasteiger partial charge in [0.05, 0.1) is 5.69 Å². The molecule has 2 aromatic rings. The van der Waals surface area contributed by atoms with Crippen LogP contribution in [0.2, 0.25) is 0 Å². The highest BCUT2D eigenvalue weighted by atomic mass is 79.9. The summed E-state index contributed by atoms with van der Waals surface area (Å²) >= 11 is 6.81. The van der Waals surface area contributed by atoms with Crippen LogP contribution in [0.15, 0.2) is 67.7 Å². The Hall–Kier alpha value is -1.04. The number of hydrogen-bond donors (Lipinski definition) is 1. The zero-order valence-electron chi connectivity index (χ0n) is 9.42. The molecular formula is C13H11Br2N3. The smallest absolute Gasteiger partial charge is 0.144 e. The number of hydrogen-bond acceptors (Lipinski definition) is 3. The fourth-order valence-electron chi connectivity index (χ4n) is 1.40. The molecular weight excluding hydrogens is 358 g/mol. The van der Waals surface area contributed by atoms with E-state index in [4.69, 9.17) is 5.73 Å². The number of halogens is 2. The highest BCUT2D eigenvalue weighted by molar-refractivity contribution is 9.11.